The molecule has 0 aliphatic heterocycles. The van der Waals surface area contributed by atoms with Crippen LogP contribution in [-0.4, -0.2) is 38.7 Å². The van der Waals surface area contributed by atoms with Crippen LogP contribution in [0, 0.1) is 0 Å². The fourth-order valence-corrected chi connectivity index (χ4v) is 2.74. The van der Waals surface area contributed by atoms with E-state index in [1.54, 1.807) is 25.3 Å². The first-order valence-electron chi connectivity index (χ1n) is 9.59. The lowest BCUT2D eigenvalue weighted by molar-refractivity contribution is -0.120. The number of methoxy groups -OCH3 is 1. The van der Waals surface area contributed by atoms with Crippen LogP contribution in [-0.2, 0) is 22.7 Å². The minimum atomic E-state index is -0.357. The summed E-state index contributed by atoms with van der Waals surface area (Å²) in [7, 11) is 1.63. The molecule has 0 saturated heterocycles. The molecule has 0 saturated carbocycles. The number of hydrogen-bond donors (Lipinski definition) is 2. The molecule has 0 atom stereocenters. The molecule has 2 aromatic rings. The van der Waals surface area contributed by atoms with Gasteiger partial charge in [0.05, 0.1) is 26.4 Å². The third-order valence-corrected chi connectivity index (χ3v) is 4.11. The summed E-state index contributed by atoms with van der Waals surface area (Å²) >= 11 is 0. The highest BCUT2D eigenvalue weighted by atomic mass is 16.5. The van der Waals surface area contributed by atoms with Gasteiger partial charge in [0.2, 0.25) is 5.91 Å². The van der Waals surface area contributed by atoms with E-state index in [4.69, 9.17) is 14.2 Å². The molecule has 0 bridgehead atoms. The lowest BCUT2D eigenvalue weighted by atomic mass is 10.1. The van der Waals surface area contributed by atoms with Crippen molar-refractivity contribution in [2.45, 2.75) is 27.0 Å². The van der Waals surface area contributed by atoms with Crippen molar-refractivity contribution in [3.05, 3.63) is 59.2 Å². The Balaban J connectivity index is 1.90. The van der Waals surface area contributed by atoms with Gasteiger partial charge in [-0.25, -0.2) is 0 Å². The Labute approximate surface area is 171 Å². The van der Waals surface area contributed by atoms with E-state index in [0.717, 1.165) is 11.1 Å². The second-order valence-electron chi connectivity index (χ2n) is 6.19. The lowest BCUT2D eigenvalue weighted by Crippen LogP contribution is -2.36. The molecule has 0 spiro atoms. The Morgan fingerprint density at radius 2 is 1.59 bits per heavy atom. The van der Waals surface area contributed by atoms with Gasteiger partial charge >= 0.3 is 0 Å². The van der Waals surface area contributed by atoms with Crippen molar-refractivity contribution in [2.75, 3.05) is 26.9 Å². The molecule has 0 aromatic heterocycles. The zero-order chi connectivity index (χ0) is 21.1. The standard InChI is InChI=1S/C22H28N2O5/c1-4-28-19-11-10-16(12-20(19)29-5-2)22(26)24-14-21(25)23-13-17-8-6-7-9-18(17)15-27-3/h6-12H,4-5,13-15H2,1-3H3,(H,23,25)(H,24,26). The van der Waals surface area contributed by atoms with Crippen LogP contribution in [0.1, 0.15) is 35.3 Å². The molecule has 0 fully saturated rings. The first-order chi connectivity index (χ1) is 14.1. The Morgan fingerprint density at radius 3 is 2.28 bits per heavy atom. The van der Waals surface area contributed by atoms with E-state index in [2.05, 4.69) is 10.6 Å². The maximum Gasteiger partial charge on any atom is 0.251 e. The molecule has 0 radical (unpaired) electrons. The molecule has 0 heterocycles. The van der Waals surface area contributed by atoms with Gasteiger partial charge in [-0.1, -0.05) is 24.3 Å². The third-order valence-electron chi connectivity index (χ3n) is 4.11. The van der Waals surface area contributed by atoms with Gasteiger partial charge in [-0.2, -0.15) is 0 Å². The summed E-state index contributed by atoms with van der Waals surface area (Å²) < 4.78 is 16.2. The zero-order valence-corrected chi connectivity index (χ0v) is 17.1. The van der Waals surface area contributed by atoms with Gasteiger partial charge in [-0.3, -0.25) is 9.59 Å². The average molecular weight is 400 g/mol. The molecule has 2 amide bonds. The Kier molecular flexibility index (Phi) is 8.98. The minimum absolute atomic E-state index is 0.123. The van der Waals surface area contributed by atoms with E-state index in [-0.39, 0.29) is 18.4 Å². The summed E-state index contributed by atoms with van der Waals surface area (Å²) in [4.78, 5) is 24.5. The molecule has 2 aromatic carbocycles. The van der Waals surface area contributed by atoms with Gasteiger partial charge in [0.25, 0.3) is 5.91 Å². The number of carbonyl (C=O) groups is 2. The van der Waals surface area contributed by atoms with Crippen molar-refractivity contribution in [2.24, 2.45) is 0 Å². The Bertz CT molecular complexity index is 823. The summed E-state index contributed by atoms with van der Waals surface area (Å²) in [6.07, 6.45) is 0. The molecular formula is C22H28N2O5. The van der Waals surface area contributed by atoms with Crippen LogP contribution >= 0.6 is 0 Å². The molecule has 156 valence electrons. The second kappa shape index (κ2) is 11.7. The summed E-state index contributed by atoms with van der Waals surface area (Å²) in [5, 5.41) is 5.43. The molecule has 0 aliphatic rings. The zero-order valence-electron chi connectivity index (χ0n) is 17.1. The van der Waals surface area contributed by atoms with Crippen LogP contribution in [0.15, 0.2) is 42.5 Å². The van der Waals surface area contributed by atoms with E-state index in [1.807, 2.05) is 38.1 Å². The van der Waals surface area contributed by atoms with Gasteiger partial charge in [0.1, 0.15) is 0 Å². The SMILES string of the molecule is CCOc1ccc(C(=O)NCC(=O)NCc2ccccc2COC)cc1OCC. The lowest BCUT2D eigenvalue weighted by Gasteiger charge is -2.13. The predicted molar refractivity (Wildman–Crippen MR) is 110 cm³/mol. The monoisotopic (exact) mass is 400 g/mol. The topological polar surface area (TPSA) is 85.9 Å². The summed E-state index contributed by atoms with van der Waals surface area (Å²) in [5.74, 6) is 0.449. The van der Waals surface area contributed by atoms with Crippen LogP contribution < -0.4 is 20.1 Å². The number of rotatable bonds is 11. The maximum atomic E-state index is 12.4. The molecule has 29 heavy (non-hydrogen) atoms. The van der Waals surface area contributed by atoms with E-state index in [9.17, 15) is 9.59 Å². The largest absolute Gasteiger partial charge is 0.490 e. The molecule has 7 nitrogen and oxygen atoms in total. The van der Waals surface area contributed by atoms with E-state index >= 15 is 0 Å². The number of hydrogen-bond acceptors (Lipinski definition) is 5. The Hall–Kier alpha value is -3.06. The van der Waals surface area contributed by atoms with Crippen molar-refractivity contribution >= 4 is 11.8 Å². The summed E-state index contributed by atoms with van der Waals surface area (Å²) in [5.41, 5.74) is 2.38. The smallest absolute Gasteiger partial charge is 0.251 e. The first kappa shape index (κ1) is 22.2. The van der Waals surface area contributed by atoms with Gasteiger partial charge in [0.15, 0.2) is 11.5 Å². The van der Waals surface area contributed by atoms with Gasteiger partial charge in [-0.15, -0.1) is 0 Å². The molecular weight excluding hydrogens is 372 g/mol. The van der Waals surface area contributed by atoms with Crippen LogP contribution in [0.5, 0.6) is 11.5 Å². The molecule has 2 rings (SSSR count). The van der Waals surface area contributed by atoms with Crippen molar-refractivity contribution in [1.29, 1.82) is 0 Å². The normalized spacial score (nSPS) is 10.3. The highest BCUT2D eigenvalue weighted by Gasteiger charge is 2.13. The first-order valence-corrected chi connectivity index (χ1v) is 9.59. The Morgan fingerprint density at radius 1 is 0.897 bits per heavy atom. The fourth-order valence-electron chi connectivity index (χ4n) is 2.74. The quantitative estimate of drug-likeness (QED) is 0.606. The van der Waals surface area contributed by atoms with Gasteiger partial charge in [0, 0.05) is 19.2 Å². The average Bonchev–Trinajstić information content (AvgIpc) is 2.73. The number of ether oxygens (including phenoxy) is 3. The van der Waals surface area contributed by atoms with Gasteiger partial charge in [-0.05, 0) is 43.2 Å². The number of amides is 2. The van der Waals surface area contributed by atoms with Crippen LogP contribution in [0.25, 0.3) is 0 Å². The van der Waals surface area contributed by atoms with Gasteiger partial charge < -0.3 is 24.8 Å². The number of benzene rings is 2. The van der Waals surface area contributed by atoms with E-state index in [0.29, 0.717) is 43.4 Å². The van der Waals surface area contributed by atoms with E-state index in [1.165, 1.54) is 0 Å². The summed E-state index contributed by atoms with van der Waals surface area (Å²) in [6.45, 7) is 5.41. The van der Waals surface area contributed by atoms with Crippen LogP contribution in [0.3, 0.4) is 0 Å². The number of nitrogens with one attached hydrogen (secondary N) is 2. The highest BCUT2D eigenvalue weighted by molar-refractivity contribution is 5.97. The predicted octanol–water partition coefficient (Wildman–Crippen LogP) is 2.68. The minimum Gasteiger partial charge on any atom is -0.490 e. The third kappa shape index (κ3) is 6.80. The molecule has 7 heteroatoms. The molecule has 0 aliphatic carbocycles. The molecule has 2 N–H and O–H groups in total. The fraction of sp³-hybridized carbons (Fsp3) is 0.364. The van der Waals surface area contributed by atoms with Crippen LogP contribution in [0.4, 0.5) is 0 Å². The van der Waals surface area contributed by atoms with Crippen LogP contribution in [0.2, 0.25) is 0 Å². The van der Waals surface area contributed by atoms with Crippen molar-refractivity contribution in [3.63, 3.8) is 0 Å². The van der Waals surface area contributed by atoms with Crippen molar-refractivity contribution in [3.8, 4) is 11.5 Å². The highest BCUT2D eigenvalue weighted by Crippen LogP contribution is 2.28. The summed E-state index contributed by atoms with van der Waals surface area (Å²) in [6, 6.07) is 12.7. The number of carbonyl (C=O) groups excluding carboxylic acids is 2. The van der Waals surface area contributed by atoms with E-state index < -0.39 is 0 Å². The van der Waals surface area contributed by atoms with Crippen molar-refractivity contribution in [1.82, 2.24) is 10.6 Å². The second-order valence-corrected chi connectivity index (χ2v) is 6.19. The van der Waals surface area contributed by atoms with Crippen molar-refractivity contribution < 1.29 is 23.8 Å². The maximum absolute atomic E-state index is 12.4. The molecule has 0 unspecified atom stereocenters.